The number of nitrogens with one attached hydrogen (secondary N) is 1. The molecule has 3 heterocycles. The predicted octanol–water partition coefficient (Wildman–Crippen LogP) is 4.31. The lowest BCUT2D eigenvalue weighted by Crippen LogP contribution is -2.24. The summed E-state index contributed by atoms with van der Waals surface area (Å²) in [6.45, 7) is 9.45. The van der Waals surface area contributed by atoms with Gasteiger partial charge >= 0.3 is 0 Å². The van der Waals surface area contributed by atoms with Gasteiger partial charge in [0.05, 0.1) is 23.5 Å². The molecule has 0 fully saturated rings. The van der Waals surface area contributed by atoms with Crippen LogP contribution >= 0.6 is 0 Å². The van der Waals surface area contributed by atoms with Crippen molar-refractivity contribution in [2.75, 3.05) is 0 Å². The maximum Gasteiger partial charge on any atom is 0.252 e. The average molecular weight is 417 g/mol. The molecular weight excluding hydrogens is 388 g/mol. The molecule has 7 heteroatoms. The Labute approximate surface area is 182 Å². The molecule has 7 nitrogen and oxygen atoms in total. The van der Waals surface area contributed by atoms with Crippen molar-refractivity contribution in [3.05, 3.63) is 77.6 Å². The molecule has 0 bridgehead atoms. The van der Waals surface area contributed by atoms with Crippen molar-refractivity contribution in [3.8, 4) is 0 Å². The quantitative estimate of drug-likeness (QED) is 0.487. The highest BCUT2D eigenvalue weighted by Gasteiger charge is 2.19. The molecule has 1 amide bonds. The van der Waals surface area contributed by atoms with Crippen molar-refractivity contribution in [1.29, 1.82) is 0 Å². The number of amides is 1. The first-order valence-electron chi connectivity index (χ1n) is 10.6. The molecule has 1 N–H and O–H groups in total. The molecular formula is C24H28N6O. The Morgan fingerprint density at radius 2 is 1.90 bits per heavy atom. The summed E-state index contributed by atoms with van der Waals surface area (Å²) in [5.41, 5.74) is 4.49. The van der Waals surface area contributed by atoms with E-state index in [0.717, 1.165) is 27.9 Å². The fraction of sp³-hybridized carbons (Fsp3) is 0.333. The third kappa shape index (κ3) is 4.35. The molecule has 0 radical (unpaired) electrons. The molecule has 31 heavy (non-hydrogen) atoms. The first-order valence-corrected chi connectivity index (χ1v) is 10.6. The van der Waals surface area contributed by atoms with E-state index >= 15 is 0 Å². The minimum absolute atomic E-state index is 0.116. The molecule has 0 unspecified atom stereocenters. The Morgan fingerprint density at radius 1 is 1.13 bits per heavy atom. The summed E-state index contributed by atoms with van der Waals surface area (Å²) in [6.07, 6.45) is 7.24. The van der Waals surface area contributed by atoms with E-state index in [1.54, 1.807) is 18.7 Å². The van der Waals surface area contributed by atoms with Gasteiger partial charge in [0.1, 0.15) is 0 Å². The lowest BCUT2D eigenvalue weighted by molar-refractivity contribution is 0.0952. The van der Waals surface area contributed by atoms with Crippen LogP contribution in [0.25, 0.3) is 11.0 Å². The van der Waals surface area contributed by atoms with Gasteiger partial charge in [0.25, 0.3) is 5.91 Å². The Morgan fingerprint density at radius 3 is 2.58 bits per heavy atom. The highest BCUT2D eigenvalue weighted by atomic mass is 16.1. The third-order valence-corrected chi connectivity index (χ3v) is 5.38. The van der Waals surface area contributed by atoms with Crippen LogP contribution in [0.3, 0.4) is 0 Å². The van der Waals surface area contributed by atoms with Crippen molar-refractivity contribution in [2.24, 2.45) is 0 Å². The molecule has 4 aromatic rings. The Balaban J connectivity index is 1.61. The molecule has 0 aliphatic rings. The highest BCUT2D eigenvalue weighted by Crippen LogP contribution is 2.24. The summed E-state index contributed by atoms with van der Waals surface area (Å²) in [5.74, 6) is 0.0948. The van der Waals surface area contributed by atoms with Crippen LogP contribution in [0.2, 0.25) is 0 Å². The molecule has 1 aromatic carbocycles. The number of carbonyl (C=O) groups is 1. The van der Waals surface area contributed by atoms with Crippen LogP contribution in [0.15, 0.2) is 55.2 Å². The number of aromatic nitrogens is 5. The summed E-state index contributed by atoms with van der Waals surface area (Å²) in [5, 5.41) is 8.36. The summed E-state index contributed by atoms with van der Waals surface area (Å²) in [6, 6.07) is 10.2. The van der Waals surface area contributed by atoms with Gasteiger partial charge in [-0.3, -0.25) is 4.79 Å². The number of pyridine rings is 1. The zero-order chi connectivity index (χ0) is 22.0. The van der Waals surface area contributed by atoms with Gasteiger partial charge < -0.3 is 9.88 Å². The topological polar surface area (TPSA) is 77.6 Å². The summed E-state index contributed by atoms with van der Waals surface area (Å²) < 4.78 is 3.89. The van der Waals surface area contributed by atoms with Gasteiger partial charge in [-0.15, -0.1) is 0 Å². The van der Waals surface area contributed by atoms with E-state index in [-0.39, 0.29) is 17.9 Å². The van der Waals surface area contributed by atoms with E-state index < -0.39 is 0 Å². The highest BCUT2D eigenvalue weighted by molar-refractivity contribution is 6.05. The molecule has 4 rings (SSSR count). The Hall–Kier alpha value is -3.48. The van der Waals surface area contributed by atoms with Gasteiger partial charge in [0, 0.05) is 37.2 Å². The van der Waals surface area contributed by atoms with Crippen LogP contribution in [-0.4, -0.2) is 30.2 Å². The second kappa shape index (κ2) is 8.71. The van der Waals surface area contributed by atoms with Crippen molar-refractivity contribution in [1.82, 2.24) is 29.6 Å². The van der Waals surface area contributed by atoms with Gasteiger partial charge in [0.15, 0.2) is 5.65 Å². The van der Waals surface area contributed by atoms with Crippen molar-refractivity contribution >= 4 is 16.9 Å². The van der Waals surface area contributed by atoms with E-state index in [0.29, 0.717) is 18.7 Å². The zero-order valence-corrected chi connectivity index (χ0v) is 18.4. The number of nitrogens with zero attached hydrogens (tertiary/aromatic N) is 5. The van der Waals surface area contributed by atoms with E-state index in [1.807, 2.05) is 39.7 Å². The lowest BCUT2D eigenvalue weighted by Gasteiger charge is -2.14. The third-order valence-electron chi connectivity index (χ3n) is 5.38. The largest absolute Gasteiger partial charge is 0.348 e. The smallest absolute Gasteiger partial charge is 0.252 e. The maximum atomic E-state index is 13.2. The van der Waals surface area contributed by atoms with E-state index in [1.165, 1.54) is 0 Å². The second-order valence-electron chi connectivity index (χ2n) is 8.36. The van der Waals surface area contributed by atoms with Crippen LogP contribution in [0.4, 0.5) is 0 Å². The van der Waals surface area contributed by atoms with Crippen LogP contribution in [0.1, 0.15) is 66.8 Å². The molecule has 160 valence electrons. The van der Waals surface area contributed by atoms with Gasteiger partial charge in [0.2, 0.25) is 0 Å². The minimum Gasteiger partial charge on any atom is -0.348 e. The van der Waals surface area contributed by atoms with Gasteiger partial charge in [-0.05, 0) is 37.0 Å². The molecule has 3 aromatic heterocycles. The van der Waals surface area contributed by atoms with Gasteiger partial charge in [-0.25, -0.2) is 14.6 Å². The summed E-state index contributed by atoms with van der Waals surface area (Å²) >= 11 is 0. The molecule has 0 aliphatic carbocycles. The van der Waals surface area contributed by atoms with Crippen molar-refractivity contribution < 1.29 is 4.79 Å². The second-order valence-corrected chi connectivity index (χ2v) is 8.36. The Kier molecular flexibility index (Phi) is 5.84. The molecule has 0 saturated carbocycles. The first-order chi connectivity index (χ1) is 14.9. The number of rotatable bonds is 7. The first kappa shape index (κ1) is 20.8. The monoisotopic (exact) mass is 416 g/mol. The van der Waals surface area contributed by atoms with Crippen LogP contribution in [0, 0.1) is 0 Å². The number of fused-ring (bicyclic) bond motifs is 1. The predicted molar refractivity (Wildman–Crippen MR) is 121 cm³/mol. The fourth-order valence-electron chi connectivity index (χ4n) is 3.63. The molecule has 0 aliphatic heterocycles. The van der Waals surface area contributed by atoms with Crippen LogP contribution < -0.4 is 5.32 Å². The average Bonchev–Trinajstić information content (AvgIpc) is 3.41. The lowest BCUT2D eigenvalue weighted by atomic mass is 10.0. The zero-order valence-electron chi connectivity index (χ0n) is 18.4. The number of benzene rings is 1. The molecule has 0 spiro atoms. The number of carbonyl (C=O) groups excluding carboxylic acids is 1. The van der Waals surface area contributed by atoms with E-state index in [2.05, 4.69) is 49.2 Å². The normalized spacial score (nSPS) is 11.5. The number of hydrogen-bond donors (Lipinski definition) is 1. The molecule has 0 saturated heterocycles. The van der Waals surface area contributed by atoms with Crippen molar-refractivity contribution in [3.63, 3.8) is 0 Å². The van der Waals surface area contributed by atoms with Crippen LogP contribution in [-0.2, 0) is 13.1 Å². The molecule has 0 atom stereocenters. The SMILES string of the molecule is CC(C)c1cc(C(=O)NCc2ccccc2Cn2ccnc2)c2cnn(C(C)C)c2n1. The summed E-state index contributed by atoms with van der Waals surface area (Å²) in [7, 11) is 0. The minimum atomic E-state index is -0.116. The maximum absolute atomic E-state index is 13.2. The van der Waals surface area contributed by atoms with Gasteiger partial charge in [-0.1, -0.05) is 38.1 Å². The Bertz CT molecular complexity index is 1190. The van der Waals surface area contributed by atoms with Crippen molar-refractivity contribution in [2.45, 2.75) is 52.7 Å². The summed E-state index contributed by atoms with van der Waals surface area (Å²) in [4.78, 5) is 22.1. The fourth-order valence-corrected chi connectivity index (χ4v) is 3.63. The standard InChI is InChI=1S/C24H28N6O/c1-16(2)22-11-20(21-13-27-30(17(3)4)23(21)28-22)24(31)26-12-18-7-5-6-8-19(18)14-29-10-9-25-15-29/h5-11,13,15-17H,12,14H2,1-4H3,(H,26,31). The van der Waals surface area contributed by atoms with E-state index in [4.69, 9.17) is 4.98 Å². The van der Waals surface area contributed by atoms with E-state index in [9.17, 15) is 4.79 Å². The van der Waals surface area contributed by atoms with Gasteiger partial charge in [-0.2, -0.15) is 5.10 Å². The number of imidazole rings is 1. The van der Waals surface area contributed by atoms with Crippen LogP contribution in [0.5, 0.6) is 0 Å². The number of hydrogen-bond acceptors (Lipinski definition) is 4.